The first-order valence-corrected chi connectivity index (χ1v) is 9.08. The number of hydrogen-bond acceptors (Lipinski definition) is 3. The van der Waals surface area contributed by atoms with Crippen LogP contribution in [0.1, 0.15) is 58.8 Å². The van der Waals surface area contributed by atoms with Crippen LogP contribution in [0, 0.1) is 23.2 Å². The molecule has 0 saturated heterocycles. The van der Waals surface area contributed by atoms with Gasteiger partial charge in [0.2, 0.25) is 0 Å². The van der Waals surface area contributed by atoms with Gasteiger partial charge in [-0.2, -0.15) is 0 Å². The van der Waals surface area contributed by atoms with Crippen LogP contribution in [-0.2, 0) is 4.74 Å². The molecule has 4 aliphatic rings. The molecule has 2 unspecified atom stereocenters. The zero-order valence-corrected chi connectivity index (χ0v) is 15.0. The average Bonchev–Trinajstić information content (AvgIpc) is 2.43. The molecule has 4 saturated carbocycles. The quantitative estimate of drug-likeness (QED) is 0.716. The van der Waals surface area contributed by atoms with Crippen LogP contribution in [0.5, 0.6) is 0 Å². The summed E-state index contributed by atoms with van der Waals surface area (Å²) < 4.78 is 5.96. The Morgan fingerprint density at radius 1 is 1.14 bits per heavy atom. The zero-order chi connectivity index (χ0) is 14.9. The summed E-state index contributed by atoms with van der Waals surface area (Å²) in [5.74, 6) is 2.95. The summed E-state index contributed by atoms with van der Waals surface area (Å²) in [6, 6.07) is 0.475. The van der Waals surface area contributed by atoms with Gasteiger partial charge >= 0.3 is 0 Å². The minimum absolute atomic E-state index is 0. The molecule has 0 amide bonds. The predicted molar refractivity (Wildman–Crippen MR) is 92.4 cm³/mol. The van der Waals surface area contributed by atoms with E-state index in [9.17, 15) is 5.11 Å². The van der Waals surface area contributed by atoms with Gasteiger partial charge in [0.05, 0.1) is 19.3 Å². The topological polar surface area (TPSA) is 41.5 Å². The van der Waals surface area contributed by atoms with Gasteiger partial charge in [0, 0.05) is 12.6 Å². The number of aliphatic hydroxyl groups is 1. The Labute approximate surface area is 142 Å². The third-order valence-corrected chi connectivity index (χ3v) is 6.20. The van der Waals surface area contributed by atoms with Gasteiger partial charge in [0.1, 0.15) is 0 Å². The molecule has 2 atom stereocenters. The molecule has 0 aliphatic heterocycles. The lowest BCUT2D eigenvalue weighted by Gasteiger charge is -2.56. The van der Waals surface area contributed by atoms with Crippen LogP contribution >= 0.6 is 12.4 Å². The van der Waals surface area contributed by atoms with Crippen LogP contribution in [0.15, 0.2) is 0 Å². The smallest absolute Gasteiger partial charge is 0.0897 e. The summed E-state index contributed by atoms with van der Waals surface area (Å²) >= 11 is 0. The largest absolute Gasteiger partial charge is 0.389 e. The predicted octanol–water partition coefficient (Wildman–Crippen LogP) is 3.39. The molecule has 4 heteroatoms. The van der Waals surface area contributed by atoms with Crippen molar-refractivity contribution in [1.82, 2.24) is 5.32 Å². The first-order valence-electron chi connectivity index (χ1n) is 9.08. The van der Waals surface area contributed by atoms with Crippen molar-refractivity contribution in [1.29, 1.82) is 0 Å². The van der Waals surface area contributed by atoms with Crippen molar-refractivity contribution in [3.05, 3.63) is 0 Å². The highest BCUT2D eigenvalue weighted by molar-refractivity contribution is 5.85. The molecule has 130 valence electrons. The van der Waals surface area contributed by atoms with Gasteiger partial charge in [0.25, 0.3) is 0 Å². The molecular weight excluding hydrogens is 298 g/mol. The first kappa shape index (κ1) is 18.5. The lowest BCUT2D eigenvalue weighted by Crippen LogP contribution is -2.48. The fraction of sp³-hybridized carbons (Fsp3) is 1.00. The van der Waals surface area contributed by atoms with Crippen LogP contribution in [0.3, 0.4) is 0 Å². The highest BCUT2D eigenvalue weighted by Gasteiger charge is 2.50. The van der Waals surface area contributed by atoms with Crippen molar-refractivity contribution < 1.29 is 9.84 Å². The van der Waals surface area contributed by atoms with Crippen molar-refractivity contribution in [3.63, 3.8) is 0 Å². The Morgan fingerprint density at radius 2 is 1.68 bits per heavy atom. The summed E-state index contributed by atoms with van der Waals surface area (Å²) in [5, 5.41) is 13.4. The number of hydrogen-bond donors (Lipinski definition) is 2. The summed E-state index contributed by atoms with van der Waals surface area (Å²) in [7, 11) is 0. The van der Waals surface area contributed by atoms with Crippen LogP contribution in [-0.4, -0.2) is 37.0 Å². The second kappa shape index (κ2) is 7.83. The van der Waals surface area contributed by atoms with Gasteiger partial charge in [0.15, 0.2) is 0 Å². The normalized spacial score (nSPS) is 38.6. The van der Waals surface area contributed by atoms with E-state index in [1.54, 1.807) is 0 Å². The molecule has 0 spiro atoms. The van der Waals surface area contributed by atoms with E-state index in [0.717, 1.165) is 30.8 Å². The highest BCUT2D eigenvalue weighted by Crippen LogP contribution is 2.59. The molecular formula is C18H34ClNO2. The van der Waals surface area contributed by atoms with Gasteiger partial charge in [-0.1, -0.05) is 6.92 Å². The Hall–Kier alpha value is 0.170. The molecule has 0 radical (unpaired) electrons. The molecule has 4 rings (SSSR count). The standard InChI is InChI=1S/C18H33NO2.ClH/c1-3-13(2)19-10-17(20)11-21-12-18-7-14-4-15(8-18)6-16(5-14)9-18;/h13-17,19-20H,3-12H2,1-2H3;1H. The Balaban J connectivity index is 0.00000176. The molecule has 0 aromatic carbocycles. The third kappa shape index (κ3) is 4.37. The Bertz CT molecular complexity index is 315. The zero-order valence-electron chi connectivity index (χ0n) is 14.2. The van der Waals surface area contributed by atoms with Gasteiger partial charge < -0.3 is 15.2 Å². The third-order valence-electron chi connectivity index (χ3n) is 6.20. The minimum atomic E-state index is -0.368. The molecule has 0 aromatic rings. The molecule has 4 bridgehead atoms. The molecule has 4 fully saturated rings. The summed E-state index contributed by atoms with van der Waals surface area (Å²) in [4.78, 5) is 0. The van der Waals surface area contributed by atoms with E-state index in [2.05, 4.69) is 19.2 Å². The summed E-state index contributed by atoms with van der Waals surface area (Å²) in [6.07, 6.45) is 9.36. The SMILES string of the molecule is CCC(C)NCC(O)COCC12CC3CC(CC(C3)C1)C2.Cl. The average molecular weight is 332 g/mol. The lowest BCUT2D eigenvalue weighted by molar-refractivity contribution is -0.105. The van der Waals surface area contributed by atoms with E-state index in [-0.39, 0.29) is 18.5 Å². The molecule has 0 heterocycles. The van der Waals surface area contributed by atoms with Crippen LogP contribution in [0.4, 0.5) is 0 Å². The van der Waals surface area contributed by atoms with Gasteiger partial charge in [-0.25, -0.2) is 0 Å². The van der Waals surface area contributed by atoms with E-state index in [1.807, 2.05) is 0 Å². The number of halogens is 1. The van der Waals surface area contributed by atoms with E-state index in [1.165, 1.54) is 38.5 Å². The van der Waals surface area contributed by atoms with Gasteiger partial charge in [-0.3, -0.25) is 0 Å². The molecule has 0 aromatic heterocycles. The van der Waals surface area contributed by atoms with Gasteiger partial charge in [-0.05, 0) is 75.0 Å². The maximum Gasteiger partial charge on any atom is 0.0897 e. The Kier molecular flexibility index (Phi) is 6.59. The number of aliphatic hydroxyl groups excluding tert-OH is 1. The molecule has 3 nitrogen and oxygen atoms in total. The van der Waals surface area contributed by atoms with Crippen molar-refractivity contribution in [3.8, 4) is 0 Å². The lowest BCUT2D eigenvalue weighted by atomic mass is 9.50. The van der Waals surface area contributed by atoms with Crippen LogP contribution in [0.2, 0.25) is 0 Å². The van der Waals surface area contributed by atoms with E-state index in [0.29, 0.717) is 24.6 Å². The van der Waals surface area contributed by atoms with E-state index >= 15 is 0 Å². The minimum Gasteiger partial charge on any atom is -0.389 e. The molecule has 2 N–H and O–H groups in total. The second-order valence-corrected chi connectivity index (χ2v) is 8.30. The van der Waals surface area contributed by atoms with Crippen molar-refractivity contribution in [2.45, 2.75) is 70.9 Å². The number of nitrogens with one attached hydrogen (secondary N) is 1. The molecule has 22 heavy (non-hydrogen) atoms. The number of rotatable bonds is 8. The van der Waals surface area contributed by atoms with Crippen LogP contribution < -0.4 is 5.32 Å². The maximum absolute atomic E-state index is 10.0. The summed E-state index contributed by atoms with van der Waals surface area (Å²) in [5.41, 5.74) is 0.471. The first-order chi connectivity index (χ1) is 10.1. The van der Waals surface area contributed by atoms with Crippen LogP contribution in [0.25, 0.3) is 0 Å². The van der Waals surface area contributed by atoms with E-state index in [4.69, 9.17) is 4.74 Å². The summed E-state index contributed by atoms with van der Waals surface area (Å²) in [6.45, 7) is 6.34. The van der Waals surface area contributed by atoms with Crippen molar-refractivity contribution >= 4 is 12.4 Å². The second-order valence-electron chi connectivity index (χ2n) is 8.30. The monoisotopic (exact) mass is 331 g/mol. The van der Waals surface area contributed by atoms with Crippen molar-refractivity contribution in [2.24, 2.45) is 23.2 Å². The fourth-order valence-electron chi connectivity index (χ4n) is 5.42. The maximum atomic E-state index is 10.0. The Morgan fingerprint density at radius 3 is 2.18 bits per heavy atom. The molecule has 4 aliphatic carbocycles. The fourth-order valence-corrected chi connectivity index (χ4v) is 5.42. The highest BCUT2D eigenvalue weighted by atomic mass is 35.5. The number of ether oxygens (including phenoxy) is 1. The van der Waals surface area contributed by atoms with Gasteiger partial charge in [-0.15, -0.1) is 12.4 Å². The van der Waals surface area contributed by atoms with Crippen molar-refractivity contribution in [2.75, 3.05) is 19.8 Å². The van der Waals surface area contributed by atoms with E-state index < -0.39 is 0 Å².